The lowest BCUT2D eigenvalue weighted by molar-refractivity contribution is 0.145. The van der Waals surface area contributed by atoms with Crippen molar-refractivity contribution in [3.8, 4) is 6.07 Å². The van der Waals surface area contributed by atoms with Crippen LogP contribution in [0.15, 0.2) is 0 Å². The first-order valence-electron chi connectivity index (χ1n) is 4.39. The second-order valence-electron chi connectivity index (χ2n) is 4.87. The second-order valence-corrected chi connectivity index (χ2v) is 4.87. The normalized spacial score (nSPS) is 36.2. The fourth-order valence-corrected chi connectivity index (χ4v) is 2.29. The summed E-state index contributed by atoms with van der Waals surface area (Å²) in [7, 11) is 0. The lowest BCUT2D eigenvalue weighted by atomic mass is 9.65. The Kier molecular flexibility index (Phi) is 1.96. The molecule has 1 aliphatic carbocycles. The van der Waals surface area contributed by atoms with Crippen molar-refractivity contribution in [2.45, 2.75) is 46.5 Å². The molecule has 0 aliphatic heterocycles. The molecule has 1 nitrogen and oxygen atoms in total. The Hall–Kier alpha value is -0.510. The van der Waals surface area contributed by atoms with Gasteiger partial charge in [0.2, 0.25) is 0 Å². The topological polar surface area (TPSA) is 23.8 Å². The number of hydrogen-bond donors (Lipinski definition) is 0. The molecule has 1 unspecified atom stereocenters. The van der Waals surface area contributed by atoms with Gasteiger partial charge in [-0.05, 0) is 31.6 Å². The van der Waals surface area contributed by atoms with E-state index in [4.69, 9.17) is 5.26 Å². The molecule has 0 spiro atoms. The fraction of sp³-hybridized carbons (Fsp3) is 0.900. The summed E-state index contributed by atoms with van der Waals surface area (Å²) in [4.78, 5) is 0. The van der Waals surface area contributed by atoms with Gasteiger partial charge in [-0.25, -0.2) is 0 Å². The van der Waals surface area contributed by atoms with Gasteiger partial charge in [0.05, 0.1) is 11.5 Å². The molecule has 1 fully saturated rings. The lowest BCUT2D eigenvalue weighted by Crippen LogP contribution is -2.29. The Bertz CT molecular complexity index is 188. The molecule has 11 heavy (non-hydrogen) atoms. The van der Waals surface area contributed by atoms with Crippen LogP contribution < -0.4 is 0 Å². The molecule has 0 N–H and O–H groups in total. The van der Waals surface area contributed by atoms with Crippen LogP contribution in [-0.2, 0) is 0 Å². The van der Waals surface area contributed by atoms with Gasteiger partial charge in [0.25, 0.3) is 0 Å². The van der Waals surface area contributed by atoms with Crippen molar-refractivity contribution in [2.24, 2.45) is 10.8 Å². The van der Waals surface area contributed by atoms with Crippen molar-refractivity contribution in [1.29, 1.82) is 5.26 Å². The highest BCUT2D eigenvalue weighted by Gasteiger charge is 2.36. The van der Waals surface area contributed by atoms with Crippen LogP contribution in [0.3, 0.4) is 0 Å². The minimum Gasteiger partial charge on any atom is -0.198 e. The van der Waals surface area contributed by atoms with Gasteiger partial charge in [-0.1, -0.05) is 20.3 Å². The molecular formula is C10H17N. The molecule has 62 valence electrons. The molecule has 0 radical (unpaired) electrons. The Morgan fingerprint density at radius 1 is 1.18 bits per heavy atom. The zero-order valence-corrected chi connectivity index (χ0v) is 7.78. The standard InChI is InChI=1S/C10H17N/c1-9(2)5-4-6-10(3,7-9)8-11/h4-7H2,1-3H3. The van der Waals surface area contributed by atoms with Gasteiger partial charge in [0.1, 0.15) is 0 Å². The first-order valence-corrected chi connectivity index (χ1v) is 4.39. The van der Waals surface area contributed by atoms with Crippen LogP contribution in [0.25, 0.3) is 0 Å². The molecule has 0 aromatic heterocycles. The second kappa shape index (κ2) is 2.52. The van der Waals surface area contributed by atoms with E-state index in [0.717, 1.165) is 12.8 Å². The van der Waals surface area contributed by atoms with E-state index in [9.17, 15) is 0 Å². The number of rotatable bonds is 0. The summed E-state index contributed by atoms with van der Waals surface area (Å²) >= 11 is 0. The Balaban J connectivity index is 2.69. The van der Waals surface area contributed by atoms with Crippen LogP contribution in [0.4, 0.5) is 0 Å². The van der Waals surface area contributed by atoms with Crippen LogP contribution >= 0.6 is 0 Å². The van der Waals surface area contributed by atoms with E-state index in [0.29, 0.717) is 5.41 Å². The van der Waals surface area contributed by atoms with E-state index in [1.54, 1.807) is 0 Å². The zero-order chi connectivity index (χ0) is 8.54. The molecule has 0 saturated heterocycles. The monoisotopic (exact) mass is 151 g/mol. The molecule has 1 saturated carbocycles. The van der Waals surface area contributed by atoms with E-state index in [1.165, 1.54) is 12.8 Å². The van der Waals surface area contributed by atoms with Crippen molar-refractivity contribution < 1.29 is 0 Å². The van der Waals surface area contributed by atoms with Crippen LogP contribution in [0.2, 0.25) is 0 Å². The minimum absolute atomic E-state index is 0.0399. The van der Waals surface area contributed by atoms with Crippen LogP contribution in [-0.4, -0.2) is 0 Å². The van der Waals surface area contributed by atoms with Crippen molar-refractivity contribution in [3.05, 3.63) is 0 Å². The molecular weight excluding hydrogens is 134 g/mol. The van der Waals surface area contributed by atoms with Gasteiger partial charge in [0, 0.05) is 0 Å². The molecule has 0 amide bonds. The molecule has 1 atom stereocenters. The van der Waals surface area contributed by atoms with Gasteiger partial charge in [-0.2, -0.15) is 5.26 Å². The van der Waals surface area contributed by atoms with E-state index in [-0.39, 0.29) is 5.41 Å². The maximum absolute atomic E-state index is 8.93. The predicted molar refractivity (Wildman–Crippen MR) is 46.0 cm³/mol. The molecule has 0 aromatic rings. The fourth-order valence-electron chi connectivity index (χ4n) is 2.29. The number of hydrogen-bond acceptors (Lipinski definition) is 1. The highest BCUT2D eigenvalue weighted by Crippen LogP contribution is 2.45. The molecule has 0 aromatic carbocycles. The Labute approximate surface area is 69.4 Å². The maximum atomic E-state index is 8.93. The average Bonchev–Trinajstić information content (AvgIpc) is 1.85. The Morgan fingerprint density at radius 3 is 2.18 bits per heavy atom. The first-order chi connectivity index (χ1) is 4.97. The SMILES string of the molecule is CC1(C)CCCC(C)(C#N)C1. The molecule has 1 rings (SSSR count). The summed E-state index contributed by atoms with van der Waals surface area (Å²) in [5, 5.41) is 8.93. The van der Waals surface area contributed by atoms with Crippen LogP contribution in [0.1, 0.15) is 46.5 Å². The predicted octanol–water partition coefficient (Wildman–Crippen LogP) is 3.12. The summed E-state index contributed by atoms with van der Waals surface area (Å²) in [6.45, 7) is 6.62. The zero-order valence-electron chi connectivity index (χ0n) is 7.78. The van der Waals surface area contributed by atoms with E-state index >= 15 is 0 Å². The Morgan fingerprint density at radius 2 is 1.82 bits per heavy atom. The largest absolute Gasteiger partial charge is 0.198 e. The van der Waals surface area contributed by atoms with Crippen molar-refractivity contribution >= 4 is 0 Å². The first kappa shape index (κ1) is 8.59. The molecule has 1 aliphatic rings. The minimum atomic E-state index is -0.0399. The van der Waals surface area contributed by atoms with Gasteiger partial charge >= 0.3 is 0 Å². The van der Waals surface area contributed by atoms with E-state index in [2.05, 4.69) is 26.8 Å². The third-order valence-corrected chi connectivity index (χ3v) is 2.72. The molecule has 1 heteroatoms. The summed E-state index contributed by atoms with van der Waals surface area (Å²) < 4.78 is 0. The van der Waals surface area contributed by atoms with Crippen molar-refractivity contribution in [1.82, 2.24) is 0 Å². The van der Waals surface area contributed by atoms with E-state index < -0.39 is 0 Å². The number of nitrogens with zero attached hydrogens (tertiary/aromatic N) is 1. The third-order valence-electron chi connectivity index (χ3n) is 2.72. The third kappa shape index (κ3) is 1.96. The van der Waals surface area contributed by atoms with Gasteiger partial charge in [-0.15, -0.1) is 0 Å². The van der Waals surface area contributed by atoms with Gasteiger partial charge in [-0.3, -0.25) is 0 Å². The summed E-state index contributed by atoms with van der Waals surface area (Å²) in [6, 6.07) is 2.44. The lowest BCUT2D eigenvalue weighted by Gasteiger charge is -2.38. The number of nitriles is 1. The van der Waals surface area contributed by atoms with Crippen LogP contribution in [0, 0.1) is 22.2 Å². The molecule has 0 heterocycles. The molecule has 0 bridgehead atoms. The van der Waals surface area contributed by atoms with Crippen molar-refractivity contribution in [3.63, 3.8) is 0 Å². The smallest absolute Gasteiger partial charge is 0.0687 e. The van der Waals surface area contributed by atoms with Crippen molar-refractivity contribution in [2.75, 3.05) is 0 Å². The van der Waals surface area contributed by atoms with Crippen LogP contribution in [0.5, 0.6) is 0 Å². The summed E-state index contributed by atoms with van der Waals surface area (Å²) in [5.41, 5.74) is 0.352. The van der Waals surface area contributed by atoms with Gasteiger partial charge in [0.15, 0.2) is 0 Å². The summed E-state index contributed by atoms with van der Waals surface area (Å²) in [5.74, 6) is 0. The van der Waals surface area contributed by atoms with Gasteiger partial charge < -0.3 is 0 Å². The van der Waals surface area contributed by atoms with E-state index in [1.807, 2.05) is 0 Å². The maximum Gasteiger partial charge on any atom is 0.0687 e. The highest BCUT2D eigenvalue weighted by molar-refractivity contribution is 5.01. The average molecular weight is 151 g/mol. The highest BCUT2D eigenvalue weighted by atomic mass is 14.4. The quantitative estimate of drug-likeness (QED) is 0.522. The summed E-state index contributed by atoms with van der Waals surface area (Å²) in [6.07, 6.45) is 4.66.